The van der Waals surface area contributed by atoms with Crippen LogP contribution in [0.4, 0.5) is 19.2 Å². The number of para-hydroxylation sites is 1. The third kappa shape index (κ3) is 19.9. The van der Waals surface area contributed by atoms with Crippen molar-refractivity contribution in [3.63, 3.8) is 0 Å². The van der Waals surface area contributed by atoms with E-state index in [1.165, 1.54) is 0 Å². The summed E-state index contributed by atoms with van der Waals surface area (Å²) >= 11 is 0. The zero-order valence-corrected chi connectivity index (χ0v) is 33.4. The second kappa shape index (κ2) is 19.5. The van der Waals surface area contributed by atoms with Crippen LogP contribution in [0.25, 0.3) is 11.1 Å². The van der Waals surface area contributed by atoms with Crippen molar-refractivity contribution in [2.45, 2.75) is 105 Å². The van der Waals surface area contributed by atoms with E-state index in [0.29, 0.717) is 11.5 Å². The second-order valence-electron chi connectivity index (χ2n) is 15.7. The fourth-order valence-corrected chi connectivity index (χ4v) is 4.03. The Hall–Kier alpha value is -5.54. The minimum Gasteiger partial charge on any atom is -0.492 e. The Balaban J connectivity index is 2.08. The van der Waals surface area contributed by atoms with E-state index in [2.05, 4.69) is 31.3 Å². The number of ether oxygens (including phenoxy) is 6. The topological polar surface area (TPSA) is 196 Å². The highest BCUT2D eigenvalue weighted by Crippen LogP contribution is 2.32. The van der Waals surface area contributed by atoms with Crippen LogP contribution >= 0.6 is 0 Å². The largest absolute Gasteiger partial charge is 0.492 e. The second-order valence-corrected chi connectivity index (χ2v) is 15.7. The van der Waals surface area contributed by atoms with Gasteiger partial charge in [0.2, 0.25) is 11.9 Å². The lowest BCUT2D eigenvalue weighted by molar-refractivity contribution is 0.0542. The maximum Gasteiger partial charge on any atom is 0.437 e. The van der Waals surface area contributed by atoms with Crippen LogP contribution < -0.4 is 30.7 Å². The summed E-state index contributed by atoms with van der Waals surface area (Å²) < 4.78 is 33.1. The Morgan fingerprint density at radius 3 is 1.46 bits per heavy atom. The summed E-state index contributed by atoms with van der Waals surface area (Å²) in [5.41, 5.74) is -1.51. The Morgan fingerprint density at radius 1 is 0.556 bits per heavy atom. The fraction of sp³-hybridized carbons (Fsp3) is 0.526. The molecular weight excluding hydrogens is 700 g/mol. The first-order chi connectivity index (χ1) is 24.9. The number of rotatable bonds is 9. The third-order valence-corrected chi connectivity index (χ3v) is 5.78. The van der Waals surface area contributed by atoms with Crippen molar-refractivity contribution in [2.24, 2.45) is 9.98 Å². The van der Waals surface area contributed by atoms with E-state index in [1.807, 2.05) is 42.5 Å². The molecule has 2 aromatic carbocycles. The van der Waals surface area contributed by atoms with E-state index in [9.17, 15) is 19.2 Å². The van der Waals surface area contributed by atoms with Crippen molar-refractivity contribution >= 4 is 36.3 Å². The number of nitrogens with one attached hydrogen (secondary N) is 4. The lowest BCUT2D eigenvalue weighted by Crippen LogP contribution is -2.45. The van der Waals surface area contributed by atoms with Gasteiger partial charge in [0.1, 0.15) is 47.1 Å². The molecule has 16 heteroatoms. The van der Waals surface area contributed by atoms with Crippen molar-refractivity contribution in [3.05, 3.63) is 48.5 Å². The Labute approximate surface area is 317 Å². The lowest BCUT2D eigenvalue weighted by atomic mass is 10.0. The first-order valence-corrected chi connectivity index (χ1v) is 17.4. The van der Waals surface area contributed by atoms with Crippen LogP contribution in [-0.4, -0.2) is 85.0 Å². The first-order valence-electron chi connectivity index (χ1n) is 17.4. The molecule has 54 heavy (non-hydrogen) atoms. The van der Waals surface area contributed by atoms with Gasteiger partial charge in [-0.25, -0.2) is 19.2 Å². The zero-order chi connectivity index (χ0) is 40.7. The molecule has 4 amide bonds. The highest BCUT2D eigenvalue weighted by atomic mass is 16.6. The van der Waals surface area contributed by atoms with Gasteiger partial charge in [-0.3, -0.25) is 10.6 Å². The van der Waals surface area contributed by atoms with E-state index in [4.69, 9.17) is 28.4 Å². The number of alkyl carbamates (subject to hydrolysis) is 2. The molecule has 0 aliphatic rings. The predicted molar refractivity (Wildman–Crippen MR) is 205 cm³/mol. The molecule has 0 saturated heterocycles. The average molecular weight is 757 g/mol. The average Bonchev–Trinajstić information content (AvgIpc) is 2.97. The molecule has 0 heterocycles. The Morgan fingerprint density at radius 2 is 1.00 bits per heavy atom. The van der Waals surface area contributed by atoms with Gasteiger partial charge in [-0.05, 0) is 107 Å². The van der Waals surface area contributed by atoms with Crippen LogP contribution in [0.15, 0.2) is 58.5 Å². The van der Waals surface area contributed by atoms with Gasteiger partial charge in [-0.2, -0.15) is 0 Å². The van der Waals surface area contributed by atoms with Gasteiger partial charge in [0.15, 0.2) is 0 Å². The summed E-state index contributed by atoms with van der Waals surface area (Å²) in [5, 5.41) is 10.6. The molecule has 0 aromatic heterocycles. The van der Waals surface area contributed by atoms with E-state index in [0.717, 1.165) is 11.1 Å². The van der Waals surface area contributed by atoms with Crippen molar-refractivity contribution < 1.29 is 47.6 Å². The number of guanidine groups is 2. The quantitative estimate of drug-likeness (QED) is 0.0893. The van der Waals surface area contributed by atoms with Crippen LogP contribution in [0.2, 0.25) is 0 Å². The van der Waals surface area contributed by atoms with Gasteiger partial charge in [0.25, 0.3) is 0 Å². The minimum absolute atomic E-state index is 0.132. The van der Waals surface area contributed by atoms with Crippen LogP contribution in [0.5, 0.6) is 11.5 Å². The molecule has 0 atom stereocenters. The van der Waals surface area contributed by atoms with E-state index >= 15 is 0 Å². The van der Waals surface area contributed by atoms with E-state index < -0.39 is 46.8 Å². The number of aliphatic imine (C=N–C) groups is 2. The summed E-state index contributed by atoms with van der Waals surface area (Å²) in [6.45, 7) is 21.1. The van der Waals surface area contributed by atoms with Gasteiger partial charge in [0, 0.05) is 5.56 Å². The summed E-state index contributed by atoms with van der Waals surface area (Å²) in [6, 6.07) is 14.8. The summed E-state index contributed by atoms with van der Waals surface area (Å²) in [6.07, 6.45) is -3.38. The zero-order valence-electron chi connectivity index (χ0n) is 33.4. The van der Waals surface area contributed by atoms with Crippen molar-refractivity contribution in [1.29, 1.82) is 0 Å². The van der Waals surface area contributed by atoms with Crippen molar-refractivity contribution in [1.82, 2.24) is 21.3 Å². The van der Waals surface area contributed by atoms with Gasteiger partial charge in [-0.1, -0.05) is 30.3 Å². The molecule has 0 bridgehead atoms. The molecule has 4 N–H and O–H groups in total. The molecule has 0 aliphatic heterocycles. The van der Waals surface area contributed by atoms with Gasteiger partial charge >= 0.3 is 24.4 Å². The van der Waals surface area contributed by atoms with E-state index in [-0.39, 0.29) is 38.2 Å². The number of hydrogen-bond acceptors (Lipinski definition) is 10. The molecule has 0 radical (unpaired) electrons. The van der Waals surface area contributed by atoms with Crippen LogP contribution in [0.3, 0.4) is 0 Å². The molecule has 2 rings (SSSR count). The molecule has 0 aliphatic carbocycles. The molecular formula is C38H56N6O10. The van der Waals surface area contributed by atoms with Crippen LogP contribution in [0.1, 0.15) is 83.1 Å². The smallest absolute Gasteiger partial charge is 0.437 e. The number of carbonyl (C=O) groups is 4. The fourth-order valence-electron chi connectivity index (χ4n) is 4.03. The summed E-state index contributed by atoms with van der Waals surface area (Å²) in [4.78, 5) is 57.2. The van der Waals surface area contributed by atoms with E-state index in [1.54, 1.807) is 89.2 Å². The van der Waals surface area contributed by atoms with Crippen LogP contribution in [0, 0.1) is 0 Å². The highest BCUT2D eigenvalue weighted by Gasteiger charge is 2.22. The molecule has 0 fully saturated rings. The SMILES string of the molecule is CC(C)(C)OC(=O)/N=C(/NCCOc1cccc(-c2ccccc2OCCN/C(=N/C(=O)OC(C)(C)C)NC(=O)OC(C)(C)C)c1)NC(=O)OC(C)(C)C. The molecule has 0 unspecified atom stereocenters. The van der Waals surface area contributed by atoms with Gasteiger partial charge < -0.3 is 39.1 Å². The molecule has 16 nitrogen and oxygen atoms in total. The van der Waals surface area contributed by atoms with Gasteiger partial charge in [-0.15, -0.1) is 9.98 Å². The molecule has 298 valence electrons. The number of benzene rings is 2. The monoisotopic (exact) mass is 756 g/mol. The number of amides is 4. The van der Waals surface area contributed by atoms with Crippen molar-refractivity contribution in [3.8, 4) is 22.6 Å². The Bertz CT molecular complexity index is 1650. The first kappa shape index (κ1) is 44.6. The standard InChI is InChI=1S/C38H56N6O10/c1-35(2,3)51-31(45)41-29(42-32(46)52-36(4,5)6)39-20-22-49-26-17-15-16-25(24-26)27-18-13-14-19-28(27)50-23-21-40-30(43-33(47)53-37(7,8)9)44-34(48)54-38(10,11)12/h13-19,24H,20-23H2,1-12H3,(H2,39,41,42,45,46)(H2,40,43,44,47,48). The highest BCUT2D eigenvalue weighted by molar-refractivity contribution is 5.99. The predicted octanol–water partition coefficient (Wildman–Crippen LogP) is 6.92. The maximum atomic E-state index is 12.4. The number of nitrogens with zero attached hydrogens (tertiary/aromatic N) is 2. The third-order valence-electron chi connectivity index (χ3n) is 5.78. The molecule has 0 spiro atoms. The summed E-state index contributed by atoms with van der Waals surface area (Å²) in [7, 11) is 0. The lowest BCUT2D eigenvalue weighted by Gasteiger charge is -2.21. The van der Waals surface area contributed by atoms with Crippen molar-refractivity contribution in [2.75, 3.05) is 26.3 Å². The normalized spacial score (nSPS) is 12.5. The molecule has 0 saturated carbocycles. The minimum atomic E-state index is -0.892. The molecule has 2 aromatic rings. The summed E-state index contributed by atoms with van der Waals surface area (Å²) in [5.74, 6) is 0.812. The maximum absolute atomic E-state index is 12.4. The van der Waals surface area contributed by atoms with Gasteiger partial charge in [0.05, 0.1) is 13.1 Å². The Kier molecular flexibility index (Phi) is 16.1. The number of hydrogen-bond donors (Lipinski definition) is 4. The van der Waals surface area contributed by atoms with Crippen LogP contribution in [-0.2, 0) is 18.9 Å². The number of carbonyl (C=O) groups excluding carboxylic acids is 4.